The Hall–Kier alpha value is -1.09. The van der Waals surface area contributed by atoms with Crippen molar-refractivity contribution in [3.63, 3.8) is 0 Å². The Morgan fingerprint density at radius 1 is 1.25 bits per heavy atom. The largest absolute Gasteiger partial charge is 0.287 e. The molecule has 84 valence electrons. The number of nitrogens with zero attached hydrogens (tertiary/aromatic N) is 1. The Morgan fingerprint density at radius 3 is 2.69 bits per heavy atom. The van der Waals surface area contributed by atoms with Crippen molar-refractivity contribution in [1.82, 2.24) is 0 Å². The van der Waals surface area contributed by atoms with Crippen LogP contribution in [0.1, 0.15) is 25.7 Å². The molecule has 0 radical (unpaired) electrons. The van der Waals surface area contributed by atoms with Crippen molar-refractivity contribution in [2.45, 2.75) is 25.7 Å². The fraction of sp³-hybridized carbons (Fsp3) is 0.385. The number of hydrogen-bond donors (Lipinski definition) is 1. The fourth-order valence-corrected chi connectivity index (χ4v) is 2.34. The molecule has 1 aromatic carbocycles. The maximum Gasteiger partial charge on any atom is 0.194 e. The zero-order valence-corrected chi connectivity index (χ0v) is 9.99. The normalized spacial score (nSPS) is 23.3. The van der Waals surface area contributed by atoms with Crippen LogP contribution in [-0.2, 0) is 4.79 Å². The fourth-order valence-electron chi connectivity index (χ4n) is 2.06. The van der Waals surface area contributed by atoms with E-state index in [0.717, 1.165) is 37.1 Å². The van der Waals surface area contributed by atoms with Crippen LogP contribution >= 0.6 is 12.6 Å². The molecule has 3 heteroatoms. The van der Waals surface area contributed by atoms with Crippen LogP contribution in [0.5, 0.6) is 0 Å². The number of rotatable bonds is 2. The second kappa shape index (κ2) is 5.30. The van der Waals surface area contributed by atoms with Gasteiger partial charge in [-0.25, -0.2) is 0 Å². The van der Waals surface area contributed by atoms with E-state index in [2.05, 4.69) is 17.6 Å². The van der Waals surface area contributed by atoms with Gasteiger partial charge in [0.1, 0.15) is 0 Å². The Bertz CT molecular complexity index is 400. The van der Waals surface area contributed by atoms with E-state index in [0.29, 0.717) is 0 Å². The first-order valence-electron chi connectivity index (χ1n) is 5.62. The first kappa shape index (κ1) is 11.4. The lowest BCUT2D eigenvalue weighted by Gasteiger charge is -2.21. The average Bonchev–Trinajstić information content (AvgIpc) is 2.31. The second-order valence-electron chi connectivity index (χ2n) is 4.08. The molecule has 0 bridgehead atoms. The monoisotopic (exact) mass is 233 g/mol. The summed E-state index contributed by atoms with van der Waals surface area (Å²) in [5.41, 5.74) is 1.93. The smallest absolute Gasteiger partial charge is 0.194 e. The van der Waals surface area contributed by atoms with Crippen molar-refractivity contribution in [2.75, 3.05) is 0 Å². The van der Waals surface area contributed by atoms with Crippen molar-refractivity contribution in [3.8, 4) is 0 Å². The first-order chi connectivity index (χ1) is 7.77. The summed E-state index contributed by atoms with van der Waals surface area (Å²) in [5.74, 6) is -0.0720. The molecule has 2 nitrogen and oxygen atoms in total. The van der Waals surface area contributed by atoms with Gasteiger partial charge in [0.05, 0.1) is 11.6 Å². The van der Waals surface area contributed by atoms with E-state index in [1.54, 1.807) is 0 Å². The summed E-state index contributed by atoms with van der Waals surface area (Å²) in [6, 6.07) is 9.80. The Balaban J connectivity index is 2.23. The van der Waals surface area contributed by atoms with Crippen molar-refractivity contribution >= 4 is 29.1 Å². The SMILES string of the molecule is O=C(S)C1CCCCC1=Nc1ccccc1. The van der Waals surface area contributed by atoms with Crippen molar-refractivity contribution < 1.29 is 4.79 Å². The second-order valence-corrected chi connectivity index (χ2v) is 4.52. The van der Waals surface area contributed by atoms with Gasteiger partial charge in [0, 0.05) is 5.71 Å². The van der Waals surface area contributed by atoms with Gasteiger partial charge in [-0.15, -0.1) is 12.6 Å². The highest BCUT2D eigenvalue weighted by Gasteiger charge is 2.24. The van der Waals surface area contributed by atoms with E-state index in [9.17, 15) is 4.79 Å². The van der Waals surface area contributed by atoms with Crippen LogP contribution in [0.15, 0.2) is 35.3 Å². The number of benzene rings is 1. The lowest BCUT2D eigenvalue weighted by molar-refractivity contribution is -0.112. The molecule has 0 spiro atoms. The predicted molar refractivity (Wildman–Crippen MR) is 69.5 cm³/mol. The number of aliphatic imine (C=N–C) groups is 1. The minimum absolute atomic E-state index is 0.0469. The van der Waals surface area contributed by atoms with Crippen LogP contribution in [0.25, 0.3) is 0 Å². The number of para-hydroxylation sites is 1. The number of carbonyl (C=O) groups is 1. The quantitative estimate of drug-likeness (QED) is 0.779. The summed E-state index contributed by atoms with van der Waals surface area (Å²) in [4.78, 5) is 16.0. The minimum atomic E-state index is -0.0720. The number of hydrogen-bond acceptors (Lipinski definition) is 2. The molecule has 2 rings (SSSR count). The molecular weight excluding hydrogens is 218 g/mol. The van der Waals surface area contributed by atoms with Gasteiger partial charge < -0.3 is 0 Å². The molecule has 1 atom stereocenters. The van der Waals surface area contributed by atoms with Crippen LogP contribution < -0.4 is 0 Å². The average molecular weight is 233 g/mol. The van der Waals surface area contributed by atoms with Crippen molar-refractivity contribution in [1.29, 1.82) is 0 Å². The van der Waals surface area contributed by atoms with E-state index in [1.165, 1.54) is 0 Å². The molecule has 1 fully saturated rings. The summed E-state index contributed by atoms with van der Waals surface area (Å²) < 4.78 is 0. The van der Waals surface area contributed by atoms with Gasteiger partial charge in [-0.1, -0.05) is 24.6 Å². The van der Waals surface area contributed by atoms with Crippen LogP contribution in [0.3, 0.4) is 0 Å². The molecule has 1 aliphatic rings. The third-order valence-electron chi connectivity index (χ3n) is 2.90. The molecular formula is C13H15NOS. The van der Waals surface area contributed by atoms with E-state index < -0.39 is 0 Å². The van der Waals surface area contributed by atoms with Crippen LogP contribution in [-0.4, -0.2) is 10.8 Å². The van der Waals surface area contributed by atoms with Crippen LogP contribution in [0.4, 0.5) is 5.69 Å². The van der Waals surface area contributed by atoms with E-state index >= 15 is 0 Å². The van der Waals surface area contributed by atoms with Crippen LogP contribution in [0.2, 0.25) is 0 Å². The highest BCUT2D eigenvalue weighted by atomic mass is 32.1. The van der Waals surface area contributed by atoms with Crippen LogP contribution in [0, 0.1) is 5.92 Å². The van der Waals surface area contributed by atoms with Gasteiger partial charge in [-0.3, -0.25) is 9.79 Å². The lowest BCUT2D eigenvalue weighted by atomic mass is 9.88. The molecule has 1 saturated carbocycles. The van der Waals surface area contributed by atoms with Gasteiger partial charge in [0.15, 0.2) is 5.12 Å². The third-order valence-corrected chi connectivity index (χ3v) is 3.22. The molecule has 0 saturated heterocycles. The zero-order chi connectivity index (χ0) is 11.4. The molecule has 1 aliphatic carbocycles. The highest BCUT2D eigenvalue weighted by molar-refractivity contribution is 7.96. The highest BCUT2D eigenvalue weighted by Crippen LogP contribution is 2.26. The molecule has 0 aliphatic heterocycles. The van der Waals surface area contributed by atoms with Gasteiger partial charge in [-0.05, 0) is 31.4 Å². The maximum atomic E-state index is 11.4. The molecule has 0 amide bonds. The van der Waals surface area contributed by atoms with E-state index in [-0.39, 0.29) is 11.0 Å². The lowest BCUT2D eigenvalue weighted by Crippen LogP contribution is -2.24. The van der Waals surface area contributed by atoms with E-state index in [4.69, 9.17) is 0 Å². The Kier molecular flexibility index (Phi) is 3.78. The summed E-state index contributed by atoms with van der Waals surface area (Å²) in [6.07, 6.45) is 4.05. The summed E-state index contributed by atoms with van der Waals surface area (Å²) >= 11 is 3.95. The standard InChI is InChI=1S/C13H15NOS/c15-13(16)11-8-4-5-9-12(11)14-10-6-2-1-3-7-10/h1-3,6-7,11H,4-5,8-9H2,(H,15,16). The van der Waals surface area contributed by atoms with Crippen molar-refractivity contribution in [2.24, 2.45) is 10.9 Å². The third kappa shape index (κ3) is 2.73. The molecule has 0 aromatic heterocycles. The molecule has 1 unspecified atom stereocenters. The molecule has 1 aromatic rings. The van der Waals surface area contributed by atoms with Gasteiger partial charge >= 0.3 is 0 Å². The van der Waals surface area contributed by atoms with Crippen molar-refractivity contribution in [3.05, 3.63) is 30.3 Å². The number of carbonyl (C=O) groups excluding carboxylic acids is 1. The Labute approximate surface area is 101 Å². The Morgan fingerprint density at radius 2 is 2.00 bits per heavy atom. The predicted octanol–water partition coefficient (Wildman–Crippen LogP) is 3.41. The summed E-state index contributed by atoms with van der Waals surface area (Å²) in [7, 11) is 0. The molecule has 0 N–H and O–H groups in total. The molecule has 16 heavy (non-hydrogen) atoms. The van der Waals surface area contributed by atoms with E-state index in [1.807, 2.05) is 30.3 Å². The minimum Gasteiger partial charge on any atom is -0.287 e. The molecule has 0 heterocycles. The summed E-state index contributed by atoms with van der Waals surface area (Å²) in [5, 5.41) is -0.0469. The number of thiol groups is 1. The zero-order valence-electron chi connectivity index (χ0n) is 9.10. The van der Waals surface area contributed by atoms with Gasteiger partial charge in [0.25, 0.3) is 0 Å². The maximum absolute atomic E-state index is 11.4. The van der Waals surface area contributed by atoms with Gasteiger partial charge in [-0.2, -0.15) is 0 Å². The summed E-state index contributed by atoms with van der Waals surface area (Å²) in [6.45, 7) is 0. The topological polar surface area (TPSA) is 29.4 Å². The first-order valence-corrected chi connectivity index (χ1v) is 6.07. The van der Waals surface area contributed by atoms with Gasteiger partial charge in [0.2, 0.25) is 0 Å².